The van der Waals surface area contributed by atoms with Gasteiger partial charge in [0.2, 0.25) is 5.88 Å². The average molecular weight is 486 g/mol. The molecule has 2 atom stereocenters. The molecule has 10 heteroatoms. The second-order valence-corrected chi connectivity index (χ2v) is 10.7. The SMILES string of the molecule is CC(C)CC1(C(=O)O)CC(C(C)C)CN(Cc2cnc(-c3cc(F)cnc3OC(F)F)s2)C1. The predicted molar refractivity (Wildman–Crippen MR) is 120 cm³/mol. The Labute approximate surface area is 195 Å². The lowest BCUT2D eigenvalue weighted by Crippen LogP contribution is -2.52. The number of piperidine rings is 1. The van der Waals surface area contributed by atoms with Crippen LogP contribution in [0.5, 0.6) is 5.88 Å². The van der Waals surface area contributed by atoms with E-state index in [-0.39, 0.29) is 23.3 Å². The minimum atomic E-state index is -3.09. The van der Waals surface area contributed by atoms with E-state index in [9.17, 15) is 23.1 Å². The second kappa shape index (κ2) is 10.4. The number of carbonyl (C=O) groups is 1. The molecule has 1 N–H and O–H groups in total. The van der Waals surface area contributed by atoms with Crippen LogP contribution in [0.3, 0.4) is 0 Å². The molecule has 3 rings (SSSR count). The molecule has 1 fully saturated rings. The number of nitrogens with zero attached hydrogens (tertiary/aromatic N) is 3. The molecule has 3 heterocycles. The molecule has 6 nitrogen and oxygen atoms in total. The quantitative estimate of drug-likeness (QED) is 0.503. The van der Waals surface area contributed by atoms with E-state index in [0.717, 1.165) is 23.7 Å². The molecule has 0 bridgehead atoms. The summed E-state index contributed by atoms with van der Waals surface area (Å²) in [6.07, 6.45) is 3.67. The molecular weight excluding hydrogens is 455 g/mol. The van der Waals surface area contributed by atoms with Crippen LogP contribution in [0.25, 0.3) is 10.6 Å². The van der Waals surface area contributed by atoms with Gasteiger partial charge in [-0.25, -0.2) is 14.4 Å². The minimum Gasteiger partial charge on any atom is -0.481 e. The summed E-state index contributed by atoms with van der Waals surface area (Å²) >= 11 is 1.23. The Morgan fingerprint density at radius 2 is 2.03 bits per heavy atom. The van der Waals surface area contributed by atoms with Crippen LogP contribution < -0.4 is 4.74 Å². The number of ether oxygens (including phenoxy) is 1. The van der Waals surface area contributed by atoms with E-state index in [1.54, 1.807) is 6.20 Å². The van der Waals surface area contributed by atoms with E-state index in [1.807, 2.05) is 13.8 Å². The highest BCUT2D eigenvalue weighted by Crippen LogP contribution is 2.42. The van der Waals surface area contributed by atoms with Gasteiger partial charge in [0.25, 0.3) is 0 Å². The monoisotopic (exact) mass is 485 g/mol. The van der Waals surface area contributed by atoms with Crippen LogP contribution in [0.1, 0.15) is 45.4 Å². The molecule has 0 radical (unpaired) electrons. The first kappa shape index (κ1) is 25.4. The number of halogens is 3. The molecule has 2 aromatic heterocycles. The Morgan fingerprint density at radius 3 is 2.64 bits per heavy atom. The summed E-state index contributed by atoms with van der Waals surface area (Å²) in [5.41, 5.74) is -0.760. The van der Waals surface area contributed by atoms with E-state index >= 15 is 0 Å². The summed E-state index contributed by atoms with van der Waals surface area (Å²) in [6, 6.07) is 1.07. The Hall–Kier alpha value is -2.20. The minimum absolute atomic E-state index is 0.0601. The first-order valence-corrected chi connectivity index (χ1v) is 11.8. The predicted octanol–water partition coefficient (Wildman–Crippen LogP) is 5.54. The van der Waals surface area contributed by atoms with Gasteiger partial charge in [0.1, 0.15) is 10.8 Å². The first-order valence-electron chi connectivity index (χ1n) is 11.0. The smallest absolute Gasteiger partial charge is 0.388 e. The van der Waals surface area contributed by atoms with Crippen molar-refractivity contribution >= 4 is 17.3 Å². The lowest BCUT2D eigenvalue weighted by Gasteiger charge is -2.46. The third-order valence-electron chi connectivity index (χ3n) is 6.05. The van der Waals surface area contributed by atoms with Gasteiger partial charge in [-0.2, -0.15) is 8.78 Å². The molecule has 1 aliphatic heterocycles. The van der Waals surface area contributed by atoms with Crippen LogP contribution in [0.2, 0.25) is 0 Å². The van der Waals surface area contributed by atoms with Gasteiger partial charge in [-0.3, -0.25) is 9.69 Å². The topological polar surface area (TPSA) is 75.5 Å². The van der Waals surface area contributed by atoms with Crippen molar-refractivity contribution in [1.29, 1.82) is 0 Å². The van der Waals surface area contributed by atoms with Crippen molar-refractivity contribution in [1.82, 2.24) is 14.9 Å². The van der Waals surface area contributed by atoms with Crippen molar-refractivity contribution in [3.8, 4) is 16.5 Å². The number of alkyl halides is 2. The molecule has 0 spiro atoms. The number of aromatic nitrogens is 2. The van der Waals surface area contributed by atoms with Crippen LogP contribution in [-0.2, 0) is 11.3 Å². The van der Waals surface area contributed by atoms with Gasteiger partial charge in [0, 0.05) is 30.7 Å². The summed E-state index contributed by atoms with van der Waals surface area (Å²) in [4.78, 5) is 23.2. The maximum absolute atomic E-state index is 13.7. The standard InChI is InChI=1S/C23H30F3N3O3S/c1-13(2)6-23(21(30)31)7-15(14(3)4)10-29(12-23)11-17-9-28-20(33-17)18-5-16(24)8-27-19(18)32-22(25)26/h5,8-9,13-15,22H,6-7,10-12H2,1-4H3,(H,30,31). The molecule has 0 amide bonds. The van der Waals surface area contributed by atoms with Gasteiger partial charge in [-0.05, 0) is 36.7 Å². The maximum Gasteiger partial charge on any atom is 0.388 e. The highest BCUT2D eigenvalue weighted by Gasteiger charge is 2.46. The number of thiazole rings is 1. The van der Waals surface area contributed by atoms with Gasteiger partial charge < -0.3 is 9.84 Å². The Morgan fingerprint density at radius 1 is 1.30 bits per heavy atom. The van der Waals surface area contributed by atoms with Gasteiger partial charge in [-0.15, -0.1) is 11.3 Å². The number of likely N-dealkylation sites (tertiary alicyclic amines) is 1. The molecule has 1 saturated heterocycles. The van der Waals surface area contributed by atoms with Gasteiger partial charge in [0.15, 0.2) is 0 Å². The van der Waals surface area contributed by atoms with E-state index in [4.69, 9.17) is 0 Å². The normalized spacial score (nSPS) is 21.8. The fraction of sp³-hybridized carbons (Fsp3) is 0.609. The van der Waals surface area contributed by atoms with Crippen molar-refractivity contribution in [2.75, 3.05) is 13.1 Å². The third-order valence-corrected chi connectivity index (χ3v) is 7.06. The average Bonchev–Trinajstić information content (AvgIpc) is 3.16. The number of aliphatic carboxylic acids is 1. The zero-order chi connectivity index (χ0) is 24.3. The number of carboxylic acid groups (broad SMARTS) is 1. The van der Waals surface area contributed by atoms with Crippen molar-refractivity contribution < 1.29 is 27.8 Å². The van der Waals surface area contributed by atoms with Crippen molar-refractivity contribution in [3.05, 3.63) is 29.2 Å². The summed E-state index contributed by atoms with van der Waals surface area (Å²) in [5, 5.41) is 10.5. The van der Waals surface area contributed by atoms with Gasteiger partial charge >= 0.3 is 12.6 Å². The summed E-state index contributed by atoms with van der Waals surface area (Å²) in [7, 11) is 0. The molecule has 182 valence electrons. The Balaban J connectivity index is 1.85. The number of pyridine rings is 1. The fourth-order valence-corrected chi connectivity index (χ4v) is 5.64. The highest BCUT2D eigenvalue weighted by atomic mass is 32.1. The molecule has 2 aromatic rings. The van der Waals surface area contributed by atoms with E-state index in [0.29, 0.717) is 36.9 Å². The van der Waals surface area contributed by atoms with Crippen LogP contribution in [-0.4, -0.2) is 45.6 Å². The maximum atomic E-state index is 13.7. The molecule has 0 aromatic carbocycles. The van der Waals surface area contributed by atoms with Crippen LogP contribution in [0.4, 0.5) is 13.2 Å². The summed E-state index contributed by atoms with van der Waals surface area (Å²) in [5.74, 6) is -1.01. The van der Waals surface area contributed by atoms with Crippen LogP contribution in [0, 0.1) is 29.0 Å². The molecule has 1 aliphatic rings. The lowest BCUT2D eigenvalue weighted by molar-refractivity contribution is -0.156. The Bertz CT molecular complexity index is 969. The molecule has 0 saturated carbocycles. The largest absolute Gasteiger partial charge is 0.481 e. The molecule has 33 heavy (non-hydrogen) atoms. The first-order chi connectivity index (χ1) is 15.5. The molecule has 2 unspecified atom stereocenters. The van der Waals surface area contributed by atoms with E-state index in [1.165, 1.54) is 11.3 Å². The number of carboxylic acids is 1. The van der Waals surface area contributed by atoms with Crippen LogP contribution >= 0.6 is 11.3 Å². The summed E-state index contributed by atoms with van der Waals surface area (Å²) < 4.78 is 43.6. The van der Waals surface area contributed by atoms with E-state index < -0.39 is 23.8 Å². The zero-order valence-electron chi connectivity index (χ0n) is 19.2. The Kier molecular flexibility index (Phi) is 8.00. The highest BCUT2D eigenvalue weighted by molar-refractivity contribution is 7.15. The zero-order valence-corrected chi connectivity index (χ0v) is 20.0. The second-order valence-electron chi connectivity index (χ2n) is 9.58. The number of hydrogen-bond acceptors (Lipinski definition) is 6. The number of rotatable bonds is 9. The number of hydrogen-bond donors (Lipinski definition) is 1. The van der Waals surface area contributed by atoms with E-state index in [2.05, 4.69) is 33.5 Å². The van der Waals surface area contributed by atoms with Gasteiger partial charge in [-0.1, -0.05) is 27.7 Å². The third kappa shape index (κ3) is 6.23. The fourth-order valence-electron chi connectivity index (χ4n) is 4.68. The van der Waals surface area contributed by atoms with Crippen molar-refractivity contribution in [2.24, 2.45) is 23.2 Å². The van der Waals surface area contributed by atoms with Gasteiger partial charge in [0.05, 0.1) is 17.2 Å². The molecular formula is C23H30F3N3O3S. The summed E-state index contributed by atoms with van der Waals surface area (Å²) in [6.45, 7) is 6.88. The lowest BCUT2D eigenvalue weighted by atomic mass is 9.68. The van der Waals surface area contributed by atoms with Crippen molar-refractivity contribution in [3.63, 3.8) is 0 Å². The van der Waals surface area contributed by atoms with Crippen molar-refractivity contribution in [2.45, 2.75) is 53.7 Å². The molecule has 0 aliphatic carbocycles. The van der Waals surface area contributed by atoms with Crippen LogP contribution in [0.15, 0.2) is 18.5 Å².